The monoisotopic (exact) mass is 390 g/mol. The third kappa shape index (κ3) is 9.17. The second-order valence-corrected chi connectivity index (χ2v) is 8.07. The molecule has 1 fully saturated rings. The lowest BCUT2D eigenvalue weighted by atomic mass is 9.88. The Morgan fingerprint density at radius 1 is 1.25 bits per heavy atom. The molecule has 1 aliphatic carbocycles. The third-order valence-electron chi connectivity index (χ3n) is 5.69. The highest BCUT2D eigenvalue weighted by molar-refractivity contribution is 5.83. The van der Waals surface area contributed by atoms with Crippen LogP contribution in [0.1, 0.15) is 90.9 Å². The van der Waals surface area contributed by atoms with E-state index in [1.165, 1.54) is 0 Å². The molecule has 0 aliphatic heterocycles. The molecule has 4 heteroatoms. The van der Waals surface area contributed by atoms with E-state index in [0.29, 0.717) is 31.5 Å². The molecule has 1 rings (SSSR count). The molecular weight excluding hydrogens is 352 g/mol. The number of aliphatic hydroxyl groups excluding tert-OH is 1. The molecule has 0 heterocycles. The van der Waals surface area contributed by atoms with Crippen molar-refractivity contribution in [2.24, 2.45) is 11.8 Å². The first-order chi connectivity index (χ1) is 13.5. The van der Waals surface area contributed by atoms with Gasteiger partial charge in [0.1, 0.15) is 18.0 Å². The van der Waals surface area contributed by atoms with Crippen molar-refractivity contribution < 1.29 is 19.8 Å². The number of aliphatic hydroxyl groups is 2. The summed E-state index contributed by atoms with van der Waals surface area (Å²) in [6.07, 6.45) is 14.0. The quantitative estimate of drug-likeness (QED) is 0.262. The average molecular weight is 391 g/mol. The van der Waals surface area contributed by atoms with Crippen molar-refractivity contribution in [2.45, 2.75) is 96.5 Å². The fraction of sp³-hybridized carbons (Fsp3) is 0.750. The molecule has 28 heavy (non-hydrogen) atoms. The van der Waals surface area contributed by atoms with Crippen molar-refractivity contribution in [1.29, 1.82) is 0 Å². The van der Waals surface area contributed by atoms with Crippen molar-refractivity contribution in [1.82, 2.24) is 0 Å². The molecule has 0 aromatic heterocycles. The van der Waals surface area contributed by atoms with Gasteiger partial charge >= 0.3 is 0 Å². The van der Waals surface area contributed by atoms with Crippen LogP contribution in [0, 0.1) is 23.7 Å². The van der Waals surface area contributed by atoms with Crippen LogP contribution in [0.2, 0.25) is 0 Å². The van der Waals surface area contributed by atoms with E-state index >= 15 is 0 Å². The first-order valence-electron chi connectivity index (χ1n) is 10.9. The maximum absolute atomic E-state index is 12.3. The number of carbonyl (C=O) groups excluding carboxylic acids is 2. The summed E-state index contributed by atoms with van der Waals surface area (Å²) in [5.41, 5.74) is -0.953. The van der Waals surface area contributed by atoms with Crippen LogP contribution in [0.5, 0.6) is 0 Å². The Hall–Kier alpha value is -1.44. The summed E-state index contributed by atoms with van der Waals surface area (Å²) in [5, 5.41) is 19.4. The molecule has 0 radical (unpaired) electrons. The van der Waals surface area contributed by atoms with Gasteiger partial charge in [-0.3, -0.25) is 9.59 Å². The van der Waals surface area contributed by atoms with E-state index in [-0.39, 0.29) is 24.2 Å². The van der Waals surface area contributed by atoms with Crippen molar-refractivity contribution >= 4 is 11.6 Å². The summed E-state index contributed by atoms with van der Waals surface area (Å²) in [6, 6.07) is 0. The van der Waals surface area contributed by atoms with Gasteiger partial charge in [-0.15, -0.1) is 5.92 Å². The maximum Gasteiger partial charge on any atom is 0.158 e. The smallest absolute Gasteiger partial charge is 0.158 e. The lowest BCUT2D eigenvalue weighted by molar-refractivity contribution is -0.122. The zero-order chi connectivity index (χ0) is 20.8. The molecule has 0 saturated heterocycles. The molecule has 4 nitrogen and oxygen atoms in total. The molecule has 1 unspecified atom stereocenters. The molecular formula is C24H38O4. The molecule has 3 atom stereocenters. The van der Waals surface area contributed by atoms with E-state index in [9.17, 15) is 14.7 Å². The Bertz CT molecular complexity index is 569. The van der Waals surface area contributed by atoms with Crippen molar-refractivity contribution in [3.63, 3.8) is 0 Å². The summed E-state index contributed by atoms with van der Waals surface area (Å²) in [7, 11) is 0. The zero-order valence-corrected chi connectivity index (χ0v) is 17.7. The van der Waals surface area contributed by atoms with Gasteiger partial charge in [-0.1, -0.05) is 50.7 Å². The van der Waals surface area contributed by atoms with Crippen LogP contribution in [0.3, 0.4) is 0 Å². The summed E-state index contributed by atoms with van der Waals surface area (Å²) < 4.78 is 0. The van der Waals surface area contributed by atoms with E-state index in [0.717, 1.165) is 51.4 Å². The van der Waals surface area contributed by atoms with Crippen molar-refractivity contribution in [3.05, 3.63) is 12.2 Å². The van der Waals surface area contributed by atoms with E-state index in [1.807, 2.05) is 6.08 Å². The number of ketones is 2. The minimum atomic E-state index is -0.953. The van der Waals surface area contributed by atoms with Crippen molar-refractivity contribution in [2.75, 3.05) is 6.61 Å². The second kappa shape index (κ2) is 13.7. The Labute approximate surface area is 170 Å². The van der Waals surface area contributed by atoms with Gasteiger partial charge in [0, 0.05) is 25.2 Å². The number of rotatable bonds is 14. The minimum Gasteiger partial charge on any atom is -0.389 e. The summed E-state index contributed by atoms with van der Waals surface area (Å²) in [5.74, 6) is 6.43. The Morgan fingerprint density at radius 2 is 2.00 bits per heavy atom. The Kier molecular flexibility index (Phi) is 12.0. The Balaban J connectivity index is 2.44. The average Bonchev–Trinajstić information content (AvgIpc) is 3.02. The fourth-order valence-electron chi connectivity index (χ4n) is 4.01. The summed E-state index contributed by atoms with van der Waals surface area (Å²) in [4.78, 5) is 23.3. The van der Waals surface area contributed by atoms with Crippen LogP contribution < -0.4 is 0 Å². The maximum atomic E-state index is 12.3. The number of carbonyl (C=O) groups is 2. The lowest BCUT2D eigenvalue weighted by Gasteiger charge is -2.21. The van der Waals surface area contributed by atoms with Gasteiger partial charge in [-0.2, -0.15) is 0 Å². The topological polar surface area (TPSA) is 74.6 Å². The largest absolute Gasteiger partial charge is 0.389 e. The second-order valence-electron chi connectivity index (χ2n) is 8.07. The number of unbranched alkanes of at least 4 members (excludes halogenated alkanes) is 4. The number of hydrogen-bond acceptors (Lipinski definition) is 4. The fourth-order valence-corrected chi connectivity index (χ4v) is 4.01. The van der Waals surface area contributed by atoms with E-state index < -0.39 is 5.60 Å². The molecule has 2 N–H and O–H groups in total. The van der Waals surface area contributed by atoms with Gasteiger partial charge in [-0.05, 0) is 44.9 Å². The summed E-state index contributed by atoms with van der Waals surface area (Å²) >= 11 is 0. The normalized spacial score (nSPS) is 21.5. The van der Waals surface area contributed by atoms with Crippen LogP contribution in [0.25, 0.3) is 0 Å². The van der Waals surface area contributed by atoms with Gasteiger partial charge in [0.2, 0.25) is 0 Å². The van der Waals surface area contributed by atoms with E-state index in [2.05, 4.69) is 24.8 Å². The first kappa shape index (κ1) is 24.6. The van der Waals surface area contributed by atoms with E-state index in [4.69, 9.17) is 5.11 Å². The van der Waals surface area contributed by atoms with Crippen LogP contribution in [0.4, 0.5) is 0 Å². The predicted molar refractivity (Wildman–Crippen MR) is 113 cm³/mol. The molecule has 0 spiro atoms. The van der Waals surface area contributed by atoms with Gasteiger partial charge in [0.05, 0.1) is 0 Å². The third-order valence-corrected chi connectivity index (χ3v) is 5.69. The molecule has 0 amide bonds. The van der Waals surface area contributed by atoms with Crippen LogP contribution in [-0.2, 0) is 9.59 Å². The molecule has 0 aromatic rings. The number of hydrogen-bond donors (Lipinski definition) is 2. The first-order valence-corrected chi connectivity index (χ1v) is 10.9. The standard InChI is InChI=1S/C24H38O4/c1-3-5-17-24(28,16-4-2)18-10-11-20-14-15-23(27)22(20)13-9-7-6-8-12-21(26)19-25/h10-11,20,22,25,28H,3,5-9,12-15,17-19H2,1-2H3/t20-,22+,24?/m0/s1. The summed E-state index contributed by atoms with van der Waals surface area (Å²) in [6.45, 7) is 3.50. The molecule has 0 aromatic carbocycles. The molecule has 1 aliphatic rings. The number of Topliss-reactive ketones (excluding diaryl/α,β-unsaturated/α-hetero) is 2. The highest BCUT2D eigenvalue weighted by Gasteiger charge is 2.32. The van der Waals surface area contributed by atoms with Gasteiger partial charge in [0.15, 0.2) is 5.78 Å². The minimum absolute atomic E-state index is 0.0938. The lowest BCUT2D eigenvalue weighted by Crippen LogP contribution is -2.25. The Morgan fingerprint density at radius 3 is 2.68 bits per heavy atom. The molecule has 158 valence electrons. The molecule has 1 saturated carbocycles. The molecule has 0 bridgehead atoms. The van der Waals surface area contributed by atoms with Crippen LogP contribution in [-0.4, -0.2) is 34.0 Å². The SMILES string of the molecule is CC#CC(O)(CC=C[C@H]1CCC(=O)[C@@H]1CCCCCCC(=O)CO)CCCC. The van der Waals surface area contributed by atoms with E-state index in [1.54, 1.807) is 6.92 Å². The van der Waals surface area contributed by atoms with Crippen LogP contribution in [0.15, 0.2) is 12.2 Å². The highest BCUT2D eigenvalue weighted by Crippen LogP contribution is 2.34. The highest BCUT2D eigenvalue weighted by atomic mass is 16.3. The van der Waals surface area contributed by atoms with Crippen LogP contribution >= 0.6 is 0 Å². The van der Waals surface area contributed by atoms with Crippen molar-refractivity contribution in [3.8, 4) is 11.8 Å². The zero-order valence-electron chi connectivity index (χ0n) is 17.7. The van der Waals surface area contributed by atoms with Gasteiger partial charge < -0.3 is 10.2 Å². The van der Waals surface area contributed by atoms with Gasteiger partial charge in [-0.25, -0.2) is 0 Å². The van der Waals surface area contributed by atoms with Gasteiger partial charge in [0.25, 0.3) is 0 Å². The number of allylic oxidation sites excluding steroid dienone is 1. The predicted octanol–water partition coefficient (Wildman–Crippen LogP) is 4.37.